The molecule has 3 rings (SSSR count). The first-order valence-corrected chi connectivity index (χ1v) is 10.3. The lowest BCUT2D eigenvalue weighted by Gasteiger charge is -2.46. The Morgan fingerprint density at radius 1 is 1.21 bits per heavy atom. The van der Waals surface area contributed by atoms with Gasteiger partial charge >= 0.3 is 0 Å². The van der Waals surface area contributed by atoms with Crippen LogP contribution in [0.1, 0.15) is 45.1 Å². The maximum absolute atomic E-state index is 14.9. The molecule has 0 saturated heterocycles. The van der Waals surface area contributed by atoms with Gasteiger partial charge in [0.2, 0.25) is 5.41 Å². The number of nitrogens with two attached hydrogens (primary N) is 1. The second-order valence-electron chi connectivity index (χ2n) is 8.86. The molecule has 0 radical (unpaired) electrons. The number of nitriles is 3. The number of hydrogen-bond donors (Lipinski definition) is 1. The molecule has 0 spiro atoms. The van der Waals surface area contributed by atoms with Crippen LogP contribution < -0.4 is 5.73 Å². The highest BCUT2D eigenvalue weighted by Crippen LogP contribution is 2.57. The number of rotatable bonds is 1. The van der Waals surface area contributed by atoms with Crippen LogP contribution in [0.5, 0.6) is 0 Å². The fraction of sp³-hybridized carbons (Fsp3) is 0.435. The second kappa shape index (κ2) is 7.33. The van der Waals surface area contributed by atoms with Gasteiger partial charge in [0.15, 0.2) is 0 Å². The van der Waals surface area contributed by atoms with Crippen molar-refractivity contribution in [3.63, 3.8) is 0 Å². The maximum atomic E-state index is 14.9. The molecule has 0 aromatic heterocycles. The van der Waals surface area contributed by atoms with Gasteiger partial charge in [-0.25, -0.2) is 4.39 Å². The van der Waals surface area contributed by atoms with Crippen molar-refractivity contribution in [1.82, 2.24) is 0 Å². The predicted octanol–water partition coefficient (Wildman–Crippen LogP) is 5.45. The zero-order valence-corrected chi connectivity index (χ0v) is 18.2. The van der Waals surface area contributed by atoms with Gasteiger partial charge < -0.3 is 5.73 Å². The van der Waals surface area contributed by atoms with E-state index >= 15 is 0 Å². The molecule has 0 unspecified atom stereocenters. The topological polar surface area (TPSA) is 97.4 Å². The molecule has 0 fully saturated rings. The summed E-state index contributed by atoms with van der Waals surface area (Å²) in [6.07, 6.45) is 3.29. The molecule has 1 aromatic rings. The zero-order chi connectivity index (χ0) is 21.6. The van der Waals surface area contributed by atoms with Crippen LogP contribution >= 0.6 is 15.9 Å². The SMILES string of the molecule is CC(C)(C)[C@H]1CC=C2[C@@H](C1)[C@H](c1cc(Br)ccc1F)C(C#N)=C(N)C2(C#N)C#N. The van der Waals surface area contributed by atoms with Crippen molar-refractivity contribution >= 4 is 15.9 Å². The summed E-state index contributed by atoms with van der Waals surface area (Å²) in [4.78, 5) is 0. The molecule has 4 nitrogen and oxygen atoms in total. The second-order valence-corrected chi connectivity index (χ2v) is 9.77. The monoisotopic (exact) mass is 452 g/mol. The minimum atomic E-state index is -1.68. The van der Waals surface area contributed by atoms with Crippen molar-refractivity contribution in [2.24, 2.45) is 28.4 Å². The van der Waals surface area contributed by atoms with Gasteiger partial charge in [-0.3, -0.25) is 0 Å². The van der Waals surface area contributed by atoms with E-state index in [4.69, 9.17) is 5.73 Å². The number of hydrogen-bond acceptors (Lipinski definition) is 4. The number of nitrogens with zero attached hydrogens (tertiary/aromatic N) is 3. The van der Waals surface area contributed by atoms with Crippen molar-refractivity contribution in [2.45, 2.75) is 39.5 Å². The highest BCUT2D eigenvalue weighted by molar-refractivity contribution is 9.10. The van der Waals surface area contributed by atoms with Crippen LogP contribution in [0.2, 0.25) is 0 Å². The van der Waals surface area contributed by atoms with Crippen molar-refractivity contribution in [3.05, 3.63) is 57.0 Å². The Morgan fingerprint density at radius 3 is 2.41 bits per heavy atom. The average molecular weight is 453 g/mol. The lowest BCUT2D eigenvalue weighted by atomic mass is 9.55. The number of halogens is 2. The summed E-state index contributed by atoms with van der Waals surface area (Å²) in [6, 6.07) is 10.9. The van der Waals surface area contributed by atoms with Gasteiger partial charge in [-0.1, -0.05) is 42.8 Å². The number of benzene rings is 1. The van der Waals surface area contributed by atoms with E-state index in [1.165, 1.54) is 6.07 Å². The molecule has 2 N–H and O–H groups in total. The molecule has 0 saturated carbocycles. The van der Waals surface area contributed by atoms with Crippen LogP contribution in [0.3, 0.4) is 0 Å². The van der Waals surface area contributed by atoms with E-state index in [0.29, 0.717) is 28.5 Å². The first-order chi connectivity index (χ1) is 13.6. The minimum absolute atomic E-state index is 0.0101. The number of allylic oxidation sites excluding steroid dienone is 3. The van der Waals surface area contributed by atoms with Crippen LogP contribution in [0, 0.1) is 62.5 Å². The molecule has 2 aliphatic rings. The van der Waals surface area contributed by atoms with E-state index in [2.05, 4.69) is 54.9 Å². The van der Waals surface area contributed by atoms with E-state index < -0.39 is 17.2 Å². The third-order valence-corrected chi connectivity index (χ3v) is 6.87. The molecule has 0 bridgehead atoms. The fourth-order valence-electron chi connectivity index (χ4n) is 4.66. The van der Waals surface area contributed by atoms with Gasteiger partial charge in [0.05, 0.1) is 29.5 Å². The molecule has 2 aliphatic carbocycles. The number of fused-ring (bicyclic) bond motifs is 1. The predicted molar refractivity (Wildman–Crippen MR) is 111 cm³/mol. The smallest absolute Gasteiger partial charge is 0.204 e. The quantitative estimate of drug-likeness (QED) is 0.572. The van der Waals surface area contributed by atoms with E-state index in [1.54, 1.807) is 12.1 Å². The summed E-state index contributed by atoms with van der Waals surface area (Å²) in [5.74, 6) is -1.15. The molecule has 6 heteroatoms. The third kappa shape index (κ3) is 3.25. The third-order valence-electron chi connectivity index (χ3n) is 6.37. The van der Waals surface area contributed by atoms with Crippen molar-refractivity contribution in [2.75, 3.05) is 0 Å². The van der Waals surface area contributed by atoms with E-state index in [9.17, 15) is 20.2 Å². The van der Waals surface area contributed by atoms with Crippen LogP contribution in [0.15, 0.2) is 45.6 Å². The average Bonchev–Trinajstić information content (AvgIpc) is 2.68. The van der Waals surface area contributed by atoms with Gasteiger partial charge in [0.25, 0.3) is 0 Å². The summed E-state index contributed by atoms with van der Waals surface area (Å²) in [6.45, 7) is 6.43. The van der Waals surface area contributed by atoms with Crippen molar-refractivity contribution < 1.29 is 4.39 Å². The molecule has 29 heavy (non-hydrogen) atoms. The van der Waals surface area contributed by atoms with E-state index in [0.717, 1.165) is 0 Å². The van der Waals surface area contributed by atoms with Crippen LogP contribution in [-0.4, -0.2) is 0 Å². The molecule has 0 heterocycles. The summed E-state index contributed by atoms with van der Waals surface area (Å²) < 4.78 is 15.6. The lowest BCUT2D eigenvalue weighted by molar-refractivity contribution is 0.179. The van der Waals surface area contributed by atoms with Gasteiger partial charge in [0.1, 0.15) is 5.82 Å². The molecule has 148 valence electrons. The zero-order valence-electron chi connectivity index (χ0n) is 16.6. The fourth-order valence-corrected chi connectivity index (χ4v) is 5.04. The Labute approximate surface area is 179 Å². The Balaban J connectivity index is 2.34. The highest BCUT2D eigenvalue weighted by atomic mass is 79.9. The highest BCUT2D eigenvalue weighted by Gasteiger charge is 2.53. The van der Waals surface area contributed by atoms with Crippen molar-refractivity contribution in [3.8, 4) is 18.2 Å². The molecular formula is C23H22BrFN4. The summed E-state index contributed by atoms with van der Waals surface area (Å²) in [5, 5.41) is 29.8. The Kier molecular flexibility index (Phi) is 5.33. The molecule has 0 amide bonds. The largest absolute Gasteiger partial charge is 0.399 e. The van der Waals surface area contributed by atoms with Gasteiger partial charge in [0, 0.05) is 10.4 Å². The van der Waals surface area contributed by atoms with E-state index in [1.807, 2.05) is 6.08 Å². The Hall–Kier alpha value is -2.62. The maximum Gasteiger partial charge on any atom is 0.204 e. The summed E-state index contributed by atoms with van der Waals surface area (Å²) in [7, 11) is 0. The normalized spacial score (nSPS) is 25.9. The first-order valence-electron chi connectivity index (χ1n) is 9.49. The Morgan fingerprint density at radius 2 is 1.86 bits per heavy atom. The summed E-state index contributed by atoms with van der Waals surface area (Å²) in [5.41, 5.74) is 5.57. The van der Waals surface area contributed by atoms with Crippen LogP contribution in [0.4, 0.5) is 4.39 Å². The molecular weight excluding hydrogens is 431 g/mol. The molecule has 0 aliphatic heterocycles. The van der Waals surface area contributed by atoms with Gasteiger partial charge in [-0.2, -0.15) is 15.8 Å². The van der Waals surface area contributed by atoms with E-state index in [-0.39, 0.29) is 28.5 Å². The lowest BCUT2D eigenvalue weighted by Crippen LogP contribution is -2.43. The Bertz CT molecular complexity index is 1030. The minimum Gasteiger partial charge on any atom is -0.399 e. The standard InChI is InChI=1S/C23H22BrFN4/c1-22(2,3)13-4-6-18-15(8-13)20(16-9-14(24)5-7-19(16)25)17(10-26)21(29)23(18,11-27)12-28/h5-7,9,13,15,20H,4,8,29H2,1-3H3/t13-,15+,20+/m0/s1. The van der Waals surface area contributed by atoms with Crippen LogP contribution in [0.25, 0.3) is 0 Å². The molecule has 1 aromatic carbocycles. The van der Waals surface area contributed by atoms with Crippen LogP contribution in [-0.2, 0) is 0 Å². The molecule has 3 atom stereocenters. The first kappa shape index (κ1) is 21.1. The van der Waals surface area contributed by atoms with Crippen molar-refractivity contribution in [1.29, 1.82) is 15.8 Å². The van der Waals surface area contributed by atoms with Gasteiger partial charge in [-0.05, 0) is 59.4 Å². The van der Waals surface area contributed by atoms with Gasteiger partial charge in [-0.15, -0.1) is 0 Å². The summed E-state index contributed by atoms with van der Waals surface area (Å²) >= 11 is 3.39.